The van der Waals surface area contributed by atoms with Gasteiger partial charge in [-0.1, -0.05) is 15.9 Å². The molecular weight excluding hydrogens is 232 g/mol. The zero-order valence-electron chi connectivity index (χ0n) is 7.45. The highest BCUT2D eigenvalue weighted by Crippen LogP contribution is 2.23. The average Bonchev–Trinajstić information content (AvgIpc) is 2.67. The summed E-state index contributed by atoms with van der Waals surface area (Å²) in [5.41, 5.74) is 1.19. The van der Waals surface area contributed by atoms with Gasteiger partial charge in [0, 0.05) is 18.1 Å². The van der Waals surface area contributed by atoms with Gasteiger partial charge in [-0.25, -0.2) is 4.68 Å². The van der Waals surface area contributed by atoms with Gasteiger partial charge in [0.1, 0.15) is 6.23 Å². The third kappa shape index (κ3) is 1.94. The zero-order valence-corrected chi connectivity index (χ0v) is 9.03. The molecule has 0 bridgehead atoms. The average molecular weight is 245 g/mol. The van der Waals surface area contributed by atoms with Crippen molar-refractivity contribution in [3.63, 3.8) is 0 Å². The monoisotopic (exact) mass is 244 g/mol. The molecular formula is C9H13BrN2O. The Morgan fingerprint density at radius 3 is 3.23 bits per heavy atom. The summed E-state index contributed by atoms with van der Waals surface area (Å²) in [6, 6.07) is 2.02. The summed E-state index contributed by atoms with van der Waals surface area (Å²) < 4.78 is 7.62. The van der Waals surface area contributed by atoms with E-state index in [-0.39, 0.29) is 6.23 Å². The molecule has 72 valence electrons. The molecule has 0 spiro atoms. The summed E-state index contributed by atoms with van der Waals surface area (Å²) in [5, 5.41) is 5.11. The normalized spacial score (nSPS) is 23.3. The van der Waals surface area contributed by atoms with E-state index in [2.05, 4.69) is 21.0 Å². The molecule has 1 unspecified atom stereocenters. The maximum Gasteiger partial charge on any atom is 0.150 e. The lowest BCUT2D eigenvalue weighted by molar-refractivity contribution is -0.0407. The van der Waals surface area contributed by atoms with Crippen LogP contribution in [0.2, 0.25) is 0 Å². The molecule has 13 heavy (non-hydrogen) atoms. The van der Waals surface area contributed by atoms with Crippen molar-refractivity contribution in [2.24, 2.45) is 0 Å². The predicted octanol–water partition coefficient (Wildman–Crippen LogP) is 2.48. The highest BCUT2D eigenvalue weighted by atomic mass is 79.9. The summed E-state index contributed by atoms with van der Waals surface area (Å²) in [5.74, 6) is 0. The maximum absolute atomic E-state index is 5.64. The number of nitrogens with zero attached hydrogens (tertiary/aromatic N) is 2. The molecule has 3 nitrogen and oxygen atoms in total. The van der Waals surface area contributed by atoms with Crippen LogP contribution < -0.4 is 0 Å². The number of alkyl halides is 1. The Morgan fingerprint density at radius 2 is 2.54 bits per heavy atom. The molecule has 0 aromatic carbocycles. The number of ether oxygens (including phenoxy) is 1. The fraction of sp³-hybridized carbons (Fsp3) is 0.667. The molecule has 0 N–H and O–H groups in total. The lowest BCUT2D eigenvalue weighted by atomic mass is 10.2. The number of halogens is 1. The standard InChI is InChI=1S/C9H13BrN2O/c10-7-8-4-5-11-12(8)9-3-1-2-6-13-9/h4-5,9H,1-3,6-7H2. The quantitative estimate of drug-likeness (QED) is 0.748. The molecule has 0 radical (unpaired) electrons. The molecule has 1 saturated heterocycles. The van der Waals surface area contributed by atoms with Gasteiger partial charge in [0.2, 0.25) is 0 Å². The van der Waals surface area contributed by atoms with Crippen LogP contribution >= 0.6 is 15.9 Å². The van der Waals surface area contributed by atoms with E-state index in [9.17, 15) is 0 Å². The molecule has 1 aliphatic heterocycles. The Bertz CT molecular complexity index is 268. The Kier molecular flexibility index (Phi) is 3.01. The van der Waals surface area contributed by atoms with Crippen molar-refractivity contribution in [3.8, 4) is 0 Å². The summed E-state index contributed by atoms with van der Waals surface area (Å²) in [6.45, 7) is 0.867. The first-order valence-electron chi connectivity index (χ1n) is 4.62. The molecule has 0 aliphatic carbocycles. The van der Waals surface area contributed by atoms with Crippen LogP contribution in [0.5, 0.6) is 0 Å². The van der Waals surface area contributed by atoms with Crippen LogP contribution in [0, 0.1) is 0 Å². The maximum atomic E-state index is 5.64. The van der Waals surface area contributed by atoms with Crippen LogP contribution in [-0.2, 0) is 10.1 Å². The van der Waals surface area contributed by atoms with E-state index in [1.54, 1.807) is 0 Å². The second kappa shape index (κ2) is 4.24. The van der Waals surface area contributed by atoms with E-state index in [4.69, 9.17) is 4.74 Å². The van der Waals surface area contributed by atoms with Crippen molar-refractivity contribution in [2.45, 2.75) is 30.8 Å². The van der Waals surface area contributed by atoms with Crippen molar-refractivity contribution < 1.29 is 4.74 Å². The molecule has 1 atom stereocenters. The largest absolute Gasteiger partial charge is 0.357 e. The summed E-state index contributed by atoms with van der Waals surface area (Å²) in [6.07, 6.45) is 5.50. The summed E-state index contributed by atoms with van der Waals surface area (Å²) >= 11 is 3.44. The minimum atomic E-state index is 0.163. The Labute approximate surface area is 86.2 Å². The van der Waals surface area contributed by atoms with E-state index in [0.29, 0.717) is 0 Å². The summed E-state index contributed by atoms with van der Waals surface area (Å²) in [7, 11) is 0. The smallest absolute Gasteiger partial charge is 0.150 e. The van der Waals surface area contributed by atoms with Crippen molar-refractivity contribution >= 4 is 15.9 Å². The van der Waals surface area contributed by atoms with Crippen molar-refractivity contribution in [2.75, 3.05) is 6.61 Å². The van der Waals surface area contributed by atoms with E-state index >= 15 is 0 Å². The van der Waals surface area contributed by atoms with Crippen LogP contribution in [0.1, 0.15) is 31.2 Å². The van der Waals surface area contributed by atoms with E-state index in [0.717, 1.165) is 18.4 Å². The van der Waals surface area contributed by atoms with Gasteiger partial charge in [-0.3, -0.25) is 0 Å². The minimum absolute atomic E-state index is 0.163. The number of hydrogen-bond acceptors (Lipinski definition) is 2. The molecule has 2 rings (SSSR count). The fourth-order valence-electron chi connectivity index (χ4n) is 1.62. The minimum Gasteiger partial charge on any atom is -0.357 e. The van der Waals surface area contributed by atoms with Gasteiger partial charge in [0.05, 0.1) is 5.69 Å². The first-order valence-corrected chi connectivity index (χ1v) is 5.74. The van der Waals surface area contributed by atoms with Crippen LogP contribution in [0.4, 0.5) is 0 Å². The van der Waals surface area contributed by atoms with Gasteiger partial charge >= 0.3 is 0 Å². The van der Waals surface area contributed by atoms with Crippen LogP contribution in [0.25, 0.3) is 0 Å². The van der Waals surface area contributed by atoms with Gasteiger partial charge in [-0.15, -0.1) is 0 Å². The number of rotatable bonds is 2. The third-order valence-corrected chi connectivity index (χ3v) is 2.89. The topological polar surface area (TPSA) is 27.1 Å². The van der Waals surface area contributed by atoms with Gasteiger partial charge in [-0.2, -0.15) is 5.10 Å². The van der Waals surface area contributed by atoms with E-state index in [1.807, 2.05) is 16.9 Å². The van der Waals surface area contributed by atoms with Crippen LogP contribution in [0.3, 0.4) is 0 Å². The highest BCUT2D eigenvalue weighted by Gasteiger charge is 2.17. The van der Waals surface area contributed by atoms with Gasteiger partial charge in [0.15, 0.2) is 0 Å². The van der Waals surface area contributed by atoms with Crippen molar-refractivity contribution in [1.29, 1.82) is 0 Å². The summed E-state index contributed by atoms with van der Waals surface area (Å²) in [4.78, 5) is 0. The van der Waals surface area contributed by atoms with Gasteiger partial charge in [0.25, 0.3) is 0 Å². The number of hydrogen-bond donors (Lipinski definition) is 0. The molecule has 4 heteroatoms. The van der Waals surface area contributed by atoms with E-state index in [1.165, 1.54) is 18.5 Å². The van der Waals surface area contributed by atoms with Gasteiger partial charge in [-0.05, 0) is 25.3 Å². The molecule has 0 saturated carbocycles. The molecule has 2 heterocycles. The zero-order chi connectivity index (χ0) is 9.10. The Balaban J connectivity index is 2.13. The predicted molar refractivity (Wildman–Crippen MR) is 53.7 cm³/mol. The van der Waals surface area contributed by atoms with Gasteiger partial charge < -0.3 is 4.74 Å². The molecule has 1 fully saturated rings. The van der Waals surface area contributed by atoms with Crippen molar-refractivity contribution in [3.05, 3.63) is 18.0 Å². The lowest BCUT2D eigenvalue weighted by Crippen LogP contribution is -2.20. The second-order valence-corrected chi connectivity index (χ2v) is 3.78. The molecule has 1 aliphatic rings. The van der Waals surface area contributed by atoms with E-state index < -0.39 is 0 Å². The Hall–Kier alpha value is -0.350. The molecule has 1 aromatic rings. The molecule has 1 aromatic heterocycles. The third-order valence-electron chi connectivity index (χ3n) is 2.32. The molecule has 0 amide bonds. The fourth-order valence-corrected chi connectivity index (χ4v) is 2.07. The van der Waals surface area contributed by atoms with Crippen molar-refractivity contribution in [1.82, 2.24) is 9.78 Å². The van der Waals surface area contributed by atoms with Crippen LogP contribution in [-0.4, -0.2) is 16.4 Å². The first-order chi connectivity index (χ1) is 6.42. The van der Waals surface area contributed by atoms with Crippen LogP contribution in [0.15, 0.2) is 12.3 Å². The first kappa shape index (κ1) is 9.21. The SMILES string of the molecule is BrCc1ccnn1C1CCCCO1. The second-order valence-electron chi connectivity index (χ2n) is 3.22. The lowest BCUT2D eigenvalue weighted by Gasteiger charge is -2.24. The highest BCUT2D eigenvalue weighted by molar-refractivity contribution is 9.08. The Morgan fingerprint density at radius 1 is 1.62 bits per heavy atom. The number of aromatic nitrogens is 2.